The zero-order valence-electron chi connectivity index (χ0n) is 20.7. The lowest BCUT2D eigenvalue weighted by Gasteiger charge is -2.31. The molecule has 2 amide bonds. The molecule has 0 bridgehead atoms. The van der Waals surface area contributed by atoms with Crippen LogP contribution in [0.15, 0.2) is 64.5 Å². The van der Waals surface area contributed by atoms with Crippen molar-refractivity contribution in [2.45, 2.75) is 38.6 Å². The van der Waals surface area contributed by atoms with E-state index in [9.17, 15) is 9.59 Å². The minimum absolute atomic E-state index is 0.000918. The molecule has 6 rings (SSSR count). The number of aromatic nitrogens is 2. The van der Waals surface area contributed by atoms with Crippen LogP contribution in [0.25, 0.3) is 11.3 Å². The van der Waals surface area contributed by atoms with Gasteiger partial charge >= 0.3 is 0 Å². The Morgan fingerprint density at radius 2 is 1.65 bits per heavy atom. The smallest absolute Gasteiger partial charge is 0.273 e. The normalized spacial score (nSPS) is 16.0. The van der Waals surface area contributed by atoms with E-state index in [2.05, 4.69) is 23.4 Å². The van der Waals surface area contributed by atoms with Crippen molar-refractivity contribution >= 4 is 23.2 Å². The quantitative estimate of drug-likeness (QED) is 0.370. The molecule has 4 heterocycles. The molecule has 2 aliphatic rings. The Balaban J connectivity index is 1.10. The van der Waals surface area contributed by atoms with Crippen molar-refractivity contribution in [2.75, 3.05) is 19.6 Å². The molecule has 0 unspecified atom stereocenters. The number of carbonyl (C=O) groups excluding carboxylic acids is 2. The Bertz CT molecular complexity index is 1440. The molecule has 188 valence electrons. The minimum Gasteiger partial charge on any atom is -0.360 e. The molecule has 0 N–H and O–H groups in total. The topological polar surface area (TPSA) is 79.5 Å². The molecule has 1 fully saturated rings. The van der Waals surface area contributed by atoms with Gasteiger partial charge in [0.25, 0.3) is 11.8 Å². The summed E-state index contributed by atoms with van der Waals surface area (Å²) in [5.74, 6) is 0.738. The number of benzene rings is 2. The Kier molecular flexibility index (Phi) is 6.34. The summed E-state index contributed by atoms with van der Waals surface area (Å²) in [4.78, 5) is 35.1. The predicted molar refractivity (Wildman–Crippen MR) is 142 cm³/mol. The molecule has 4 aromatic rings. The first kappa shape index (κ1) is 23.6. The van der Waals surface area contributed by atoms with E-state index in [0.717, 1.165) is 36.4 Å². The summed E-state index contributed by atoms with van der Waals surface area (Å²) in [7, 11) is 0. The maximum Gasteiger partial charge on any atom is 0.273 e. The monoisotopic (exact) mass is 512 g/mol. The number of fused-ring (bicyclic) bond motifs is 1. The molecule has 0 spiro atoms. The van der Waals surface area contributed by atoms with Gasteiger partial charge in [-0.2, -0.15) is 0 Å². The lowest BCUT2D eigenvalue weighted by atomic mass is 9.96. The van der Waals surface area contributed by atoms with Crippen molar-refractivity contribution in [1.29, 1.82) is 0 Å². The molecular formula is C29H28N4O3S. The third-order valence-corrected chi connectivity index (χ3v) is 8.42. The van der Waals surface area contributed by atoms with Crippen molar-refractivity contribution in [3.05, 3.63) is 93.1 Å². The molecule has 7 nitrogen and oxygen atoms in total. The van der Waals surface area contributed by atoms with Gasteiger partial charge in [-0.25, -0.2) is 4.98 Å². The van der Waals surface area contributed by atoms with Gasteiger partial charge in [-0.1, -0.05) is 59.8 Å². The van der Waals surface area contributed by atoms with Gasteiger partial charge in [-0.15, -0.1) is 11.3 Å². The van der Waals surface area contributed by atoms with Gasteiger partial charge in [0.15, 0.2) is 0 Å². The highest BCUT2D eigenvalue weighted by Crippen LogP contribution is 2.33. The van der Waals surface area contributed by atoms with Crippen LogP contribution < -0.4 is 0 Å². The van der Waals surface area contributed by atoms with Crippen molar-refractivity contribution in [1.82, 2.24) is 19.9 Å². The van der Waals surface area contributed by atoms with Gasteiger partial charge in [0, 0.05) is 43.0 Å². The number of likely N-dealkylation sites (tertiary alicyclic amines) is 1. The molecule has 1 saturated heterocycles. The minimum atomic E-state index is -0.0450. The van der Waals surface area contributed by atoms with E-state index in [1.807, 2.05) is 51.6 Å². The van der Waals surface area contributed by atoms with Gasteiger partial charge < -0.3 is 14.3 Å². The van der Waals surface area contributed by atoms with Crippen molar-refractivity contribution < 1.29 is 14.1 Å². The lowest BCUT2D eigenvalue weighted by molar-refractivity contribution is 0.0711. The number of piperidine rings is 1. The fraction of sp³-hybridized carbons (Fsp3) is 0.310. The number of aryl methyl sites for hydroxylation is 1. The number of rotatable bonds is 4. The van der Waals surface area contributed by atoms with Crippen LogP contribution in [-0.2, 0) is 13.0 Å². The Hall–Kier alpha value is -3.78. The number of amides is 2. The molecule has 8 heteroatoms. The number of carbonyl (C=O) groups is 2. The highest BCUT2D eigenvalue weighted by atomic mass is 32.1. The number of nitrogens with zero attached hydrogens (tertiary/aromatic N) is 4. The SMILES string of the molecule is Cc1onc(-c2ccccc2)c1C(=O)N1CCC(c2nc(C(=O)N3CCc4ccccc4C3)cs2)CC1. The third kappa shape index (κ3) is 4.57. The number of hydrogen-bond acceptors (Lipinski definition) is 6. The molecule has 0 aliphatic carbocycles. The molecule has 37 heavy (non-hydrogen) atoms. The maximum atomic E-state index is 13.4. The van der Waals surface area contributed by atoms with Gasteiger partial charge in [0.05, 0.1) is 5.01 Å². The molecule has 0 saturated carbocycles. The molecule has 2 aromatic heterocycles. The van der Waals surface area contributed by atoms with Crippen molar-refractivity contribution in [3.8, 4) is 11.3 Å². The van der Waals surface area contributed by atoms with E-state index in [1.54, 1.807) is 18.3 Å². The zero-order chi connectivity index (χ0) is 25.4. The maximum absolute atomic E-state index is 13.4. The molecule has 2 aromatic carbocycles. The first-order chi connectivity index (χ1) is 18.1. The van der Waals surface area contributed by atoms with Crippen LogP contribution in [0.2, 0.25) is 0 Å². The van der Waals surface area contributed by atoms with Crippen LogP contribution in [0.5, 0.6) is 0 Å². The number of hydrogen-bond donors (Lipinski definition) is 0. The van der Waals surface area contributed by atoms with Crippen LogP contribution in [-0.4, -0.2) is 51.4 Å². The molecule has 0 atom stereocenters. The van der Waals surface area contributed by atoms with E-state index in [1.165, 1.54) is 11.1 Å². The average molecular weight is 513 g/mol. The van der Waals surface area contributed by atoms with E-state index >= 15 is 0 Å². The summed E-state index contributed by atoms with van der Waals surface area (Å²) in [5.41, 5.74) is 5.07. The predicted octanol–water partition coefficient (Wildman–Crippen LogP) is 5.32. The molecule has 2 aliphatic heterocycles. The number of thiazole rings is 1. The van der Waals surface area contributed by atoms with Crippen molar-refractivity contribution in [3.63, 3.8) is 0 Å². The Morgan fingerprint density at radius 3 is 2.43 bits per heavy atom. The Morgan fingerprint density at radius 1 is 0.919 bits per heavy atom. The summed E-state index contributed by atoms with van der Waals surface area (Å²) >= 11 is 1.56. The van der Waals surface area contributed by atoms with E-state index in [0.29, 0.717) is 42.3 Å². The summed E-state index contributed by atoms with van der Waals surface area (Å²) in [6.07, 6.45) is 2.51. The van der Waals surface area contributed by atoms with Gasteiger partial charge in [-0.3, -0.25) is 9.59 Å². The lowest BCUT2D eigenvalue weighted by Crippen LogP contribution is -2.38. The average Bonchev–Trinajstić information content (AvgIpc) is 3.60. The van der Waals surface area contributed by atoms with Crippen LogP contribution in [0.1, 0.15) is 61.5 Å². The largest absolute Gasteiger partial charge is 0.360 e. The van der Waals surface area contributed by atoms with Gasteiger partial charge in [0.2, 0.25) is 0 Å². The second-order valence-corrected chi connectivity index (χ2v) is 10.6. The summed E-state index contributed by atoms with van der Waals surface area (Å²) in [6, 6.07) is 18.0. The standard InChI is InChI=1S/C29H28N4O3S/c1-19-25(26(31-36-19)21-8-3-2-4-9-21)29(35)32-14-12-22(13-15-32)27-30-24(18-37-27)28(34)33-16-11-20-7-5-6-10-23(20)17-33/h2-10,18,22H,11-17H2,1H3. The first-order valence-corrected chi connectivity index (χ1v) is 13.6. The highest BCUT2D eigenvalue weighted by Gasteiger charge is 2.31. The molecular weight excluding hydrogens is 484 g/mol. The third-order valence-electron chi connectivity index (χ3n) is 7.41. The van der Waals surface area contributed by atoms with Crippen LogP contribution in [0.3, 0.4) is 0 Å². The van der Waals surface area contributed by atoms with Gasteiger partial charge in [-0.05, 0) is 37.3 Å². The Labute approximate surface area is 219 Å². The highest BCUT2D eigenvalue weighted by molar-refractivity contribution is 7.09. The summed E-state index contributed by atoms with van der Waals surface area (Å²) in [5, 5.41) is 7.04. The van der Waals surface area contributed by atoms with Gasteiger partial charge in [0.1, 0.15) is 22.7 Å². The summed E-state index contributed by atoms with van der Waals surface area (Å²) < 4.78 is 5.41. The summed E-state index contributed by atoms with van der Waals surface area (Å²) in [6.45, 7) is 4.41. The van der Waals surface area contributed by atoms with Crippen LogP contribution in [0.4, 0.5) is 0 Å². The van der Waals surface area contributed by atoms with E-state index in [-0.39, 0.29) is 17.7 Å². The zero-order valence-corrected chi connectivity index (χ0v) is 21.5. The first-order valence-electron chi connectivity index (χ1n) is 12.7. The van der Waals surface area contributed by atoms with Crippen LogP contribution >= 0.6 is 11.3 Å². The van der Waals surface area contributed by atoms with E-state index < -0.39 is 0 Å². The second kappa shape index (κ2) is 9.94. The van der Waals surface area contributed by atoms with Crippen molar-refractivity contribution in [2.24, 2.45) is 0 Å². The fourth-order valence-corrected chi connectivity index (χ4v) is 6.27. The second-order valence-electron chi connectivity index (χ2n) is 9.71. The fourth-order valence-electron chi connectivity index (χ4n) is 5.31. The van der Waals surface area contributed by atoms with Crippen LogP contribution in [0, 0.1) is 6.92 Å². The molecule has 0 radical (unpaired) electrons. The van der Waals surface area contributed by atoms with E-state index in [4.69, 9.17) is 9.51 Å².